The zero-order valence-corrected chi connectivity index (χ0v) is 17.2. The van der Waals surface area contributed by atoms with E-state index in [2.05, 4.69) is 10.2 Å². The lowest BCUT2D eigenvalue weighted by molar-refractivity contribution is -0.129. The van der Waals surface area contributed by atoms with Crippen LogP contribution < -0.4 is 9.47 Å². The van der Waals surface area contributed by atoms with Gasteiger partial charge in [-0.15, -0.1) is 10.2 Å². The number of nitrogens with zero attached hydrogens (tertiary/aromatic N) is 4. The Kier molecular flexibility index (Phi) is 5.71. The molecule has 29 heavy (non-hydrogen) atoms. The van der Waals surface area contributed by atoms with Crippen LogP contribution in [0.3, 0.4) is 0 Å². The SMILES string of the molecule is COc1cc2c(cc1OC)CN(C(=O)CSc1nncn1-c1ccccc1)CC2. The Morgan fingerprint density at radius 3 is 2.55 bits per heavy atom. The summed E-state index contributed by atoms with van der Waals surface area (Å²) in [5.74, 6) is 1.81. The summed E-state index contributed by atoms with van der Waals surface area (Å²) in [6.45, 7) is 1.26. The minimum atomic E-state index is 0.0815. The number of methoxy groups -OCH3 is 2. The number of rotatable bonds is 6. The number of aromatic nitrogens is 3. The van der Waals surface area contributed by atoms with Gasteiger partial charge in [-0.1, -0.05) is 30.0 Å². The molecule has 1 aliphatic rings. The highest BCUT2D eigenvalue weighted by Crippen LogP contribution is 2.33. The molecule has 0 N–H and O–H groups in total. The quantitative estimate of drug-likeness (QED) is 0.582. The van der Waals surface area contributed by atoms with E-state index < -0.39 is 0 Å². The maximum absolute atomic E-state index is 12.8. The van der Waals surface area contributed by atoms with Crippen molar-refractivity contribution >= 4 is 17.7 Å². The van der Waals surface area contributed by atoms with E-state index in [-0.39, 0.29) is 5.91 Å². The monoisotopic (exact) mass is 410 g/mol. The molecule has 1 aliphatic heterocycles. The number of hydrogen-bond acceptors (Lipinski definition) is 6. The number of carbonyl (C=O) groups is 1. The summed E-state index contributed by atoms with van der Waals surface area (Å²) in [4.78, 5) is 14.7. The standard InChI is InChI=1S/C21H22N4O3S/c1-27-18-10-15-8-9-24(12-16(15)11-19(18)28-2)20(26)13-29-21-23-22-14-25(21)17-6-4-3-5-7-17/h3-7,10-11,14H,8-9,12-13H2,1-2H3. The van der Waals surface area contributed by atoms with Gasteiger partial charge in [-0.3, -0.25) is 9.36 Å². The molecule has 0 saturated heterocycles. The summed E-state index contributed by atoms with van der Waals surface area (Å²) in [5.41, 5.74) is 3.27. The van der Waals surface area contributed by atoms with Gasteiger partial charge in [0.2, 0.25) is 5.91 Å². The Balaban J connectivity index is 1.43. The number of fused-ring (bicyclic) bond motifs is 1. The second-order valence-electron chi connectivity index (χ2n) is 6.65. The van der Waals surface area contributed by atoms with Gasteiger partial charge in [0.15, 0.2) is 16.7 Å². The molecule has 1 aromatic heterocycles. The predicted octanol–water partition coefficient (Wildman–Crippen LogP) is 2.96. The third-order valence-corrected chi connectivity index (χ3v) is 5.87. The minimum absolute atomic E-state index is 0.0815. The second kappa shape index (κ2) is 8.57. The zero-order valence-electron chi connectivity index (χ0n) is 16.4. The van der Waals surface area contributed by atoms with E-state index in [4.69, 9.17) is 9.47 Å². The summed E-state index contributed by atoms with van der Waals surface area (Å²) in [7, 11) is 3.25. The van der Waals surface area contributed by atoms with Crippen LogP contribution in [0.2, 0.25) is 0 Å². The van der Waals surface area contributed by atoms with Crippen molar-refractivity contribution in [1.82, 2.24) is 19.7 Å². The summed E-state index contributed by atoms with van der Waals surface area (Å²) in [6, 6.07) is 13.8. The third-order valence-electron chi connectivity index (χ3n) is 4.95. The van der Waals surface area contributed by atoms with E-state index in [1.807, 2.05) is 51.9 Å². The summed E-state index contributed by atoms with van der Waals surface area (Å²) >= 11 is 1.40. The van der Waals surface area contributed by atoms with E-state index in [9.17, 15) is 4.79 Å². The normalized spacial score (nSPS) is 13.1. The fourth-order valence-corrected chi connectivity index (χ4v) is 4.23. The maximum atomic E-state index is 12.8. The van der Waals surface area contributed by atoms with E-state index in [1.165, 1.54) is 17.3 Å². The van der Waals surface area contributed by atoms with Crippen molar-refractivity contribution in [1.29, 1.82) is 0 Å². The first-order valence-electron chi connectivity index (χ1n) is 9.29. The van der Waals surface area contributed by atoms with Crippen LogP contribution in [0.1, 0.15) is 11.1 Å². The predicted molar refractivity (Wildman–Crippen MR) is 111 cm³/mol. The van der Waals surface area contributed by atoms with Crippen LogP contribution in [-0.2, 0) is 17.8 Å². The van der Waals surface area contributed by atoms with Crippen molar-refractivity contribution in [2.75, 3.05) is 26.5 Å². The molecule has 0 radical (unpaired) electrons. The fourth-order valence-electron chi connectivity index (χ4n) is 3.40. The molecule has 0 unspecified atom stereocenters. The molecule has 0 saturated carbocycles. The molecule has 1 amide bonds. The Labute approximate surface area is 173 Å². The lowest BCUT2D eigenvalue weighted by atomic mass is 9.99. The number of hydrogen-bond donors (Lipinski definition) is 0. The van der Waals surface area contributed by atoms with E-state index in [0.717, 1.165) is 23.4 Å². The summed E-state index contributed by atoms with van der Waals surface area (Å²) < 4.78 is 12.7. The van der Waals surface area contributed by atoms with Gasteiger partial charge in [0.25, 0.3) is 0 Å². The van der Waals surface area contributed by atoms with E-state index >= 15 is 0 Å². The van der Waals surface area contributed by atoms with Crippen molar-refractivity contribution < 1.29 is 14.3 Å². The van der Waals surface area contributed by atoms with Crippen molar-refractivity contribution in [3.8, 4) is 17.2 Å². The number of para-hydroxylation sites is 1. The molecule has 150 valence electrons. The van der Waals surface area contributed by atoms with Crippen LogP contribution in [0.25, 0.3) is 5.69 Å². The highest BCUT2D eigenvalue weighted by atomic mass is 32.2. The Hall–Kier alpha value is -3.00. The first-order chi connectivity index (χ1) is 14.2. The van der Waals surface area contributed by atoms with Crippen molar-refractivity contribution in [3.05, 3.63) is 59.9 Å². The smallest absolute Gasteiger partial charge is 0.233 e. The van der Waals surface area contributed by atoms with Crippen LogP contribution in [-0.4, -0.2) is 52.1 Å². The number of carbonyl (C=O) groups excluding carboxylic acids is 1. The average Bonchev–Trinajstić information content (AvgIpc) is 3.25. The topological polar surface area (TPSA) is 69.5 Å². The first kappa shape index (κ1) is 19.3. The summed E-state index contributed by atoms with van der Waals surface area (Å²) in [6.07, 6.45) is 2.46. The second-order valence-corrected chi connectivity index (χ2v) is 7.59. The molecule has 0 aliphatic carbocycles. The number of benzene rings is 2. The number of thioether (sulfide) groups is 1. The molecule has 0 atom stereocenters. The van der Waals surface area contributed by atoms with Crippen molar-refractivity contribution in [3.63, 3.8) is 0 Å². The fraction of sp³-hybridized carbons (Fsp3) is 0.286. The van der Waals surface area contributed by atoms with Gasteiger partial charge in [0.05, 0.1) is 20.0 Å². The lowest BCUT2D eigenvalue weighted by Crippen LogP contribution is -2.37. The van der Waals surface area contributed by atoms with Gasteiger partial charge in [-0.05, 0) is 41.8 Å². The average molecular weight is 410 g/mol. The molecule has 2 aromatic carbocycles. The van der Waals surface area contributed by atoms with Crippen LogP contribution in [0.4, 0.5) is 0 Å². The highest BCUT2D eigenvalue weighted by molar-refractivity contribution is 7.99. The zero-order chi connectivity index (χ0) is 20.2. The third kappa shape index (κ3) is 4.07. The van der Waals surface area contributed by atoms with Crippen LogP contribution in [0.5, 0.6) is 11.5 Å². The van der Waals surface area contributed by atoms with Gasteiger partial charge >= 0.3 is 0 Å². The first-order valence-corrected chi connectivity index (χ1v) is 10.3. The molecule has 0 spiro atoms. The van der Waals surface area contributed by atoms with Crippen LogP contribution in [0.15, 0.2) is 53.9 Å². The van der Waals surface area contributed by atoms with Crippen LogP contribution in [0, 0.1) is 0 Å². The molecule has 8 heteroatoms. The van der Waals surface area contributed by atoms with Gasteiger partial charge in [0.1, 0.15) is 6.33 Å². The molecular weight excluding hydrogens is 388 g/mol. The Morgan fingerprint density at radius 1 is 1.10 bits per heavy atom. The van der Waals surface area contributed by atoms with Gasteiger partial charge in [0, 0.05) is 18.8 Å². The molecule has 2 heterocycles. The number of amides is 1. The van der Waals surface area contributed by atoms with Crippen molar-refractivity contribution in [2.24, 2.45) is 0 Å². The van der Waals surface area contributed by atoms with E-state index in [0.29, 0.717) is 29.7 Å². The lowest BCUT2D eigenvalue weighted by Gasteiger charge is -2.29. The molecule has 4 rings (SSSR count). The van der Waals surface area contributed by atoms with Gasteiger partial charge < -0.3 is 14.4 Å². The van der Waals surface area contributed by atoms with Gasteiger partial charge in [-0.2, -0.15) is 0 Å². The summed E-state index contributed by atoms with van der Waals surface area (Å²) in [5, 5.41) is 8.86. The van der Waals surface area contributed by atoms with E-state index in [1.54, 1.807) is 20.5 Å². The maximum Gasteiger partial charge on any atom is 0.233 e. The largest absolute Gasteiger partial charge is 0.493 e. The van der Waals surface area contributed by atoms with Crippen LogP contribution >= 0.6 is 11.8 Å². The minimum Gasteiger partial charge on any atom is -0.493 e. The van der Waals surface area contributed by atoms with Crippen molar-refractivity contribution in [2.45, 2.75) is 18.1 Å². The molecule has 0 fully saturated rings. The number of ether oxygens (including phenoxy) is 2. The highest BCUT2D eigenvalue weighted by Gasteiger charge is 2.23. The molecule has 0 bridgehead atoms. The Bertz CT molecular complexity index is 1010. The molecular formula is C21H22N4O3S. The van der Waals surface area contributed by atoms with Gasteiger partial charge in [-0.25, -0.2) is 0 Å². The Morgan fingerprint density at radius 2 is 1.83 bits per heavy atom. The molecule has 7 nitrogen and oxygen atoms in total. The molecule has 3 aromatic rings.